The van der Waals surface area contributed by atoms with Crippen molar-refractivity contribution >= 4 is 39.3 Å². The molecule has 0 aliphatic heterocycles. The molecule has 94 valence electrons. The largest absolute Gasteiger partial charge is 0.121 e. The maximum Gasteiger partial charge on any atom is 0.0457 e. The van der Waals surface area contributed by atoms with Gasteiger partial charge >= 0.3 is 0 Å². The molecule has 0 bridgehead atoms. The zero-order valence-corrected chi connectivity index (χ0v) is 13.5. The van der Waals surface area contributed by atoms with Gasteiger partial charge in [0.15, 0.2) is 0 Å². The Balaban J connectivity index is 2.13. The Morgan fingerprint density at radius 1 is 1.11 bits per heavy atom. The molecule has 2 aromatic rings. The van der Waals surface area contributed by atoms with E-state index < -0.39 is 0 Å². The number of benzene rings is 2. The van der Waals surface area contributed by atoms with E-state index in [0.29, 0.717) is 0 Å². The zero-order valence-electron chi connectivity index (χ0n) is 10.3. The lowest BCUT2D eigenvalue weighted by atomic mass is 10.2. The van der Waals surface area contributed by atoms with Gasteiger partial charge in [-0.1, -0.05) is 51.3 Å². The lowest BCUT2D eigenvalue weighted by Gasteiger charge is -2.08. The minimum absolute atomic E-state index is 0.821. The van der Waals surface area contributed by atoms with Gasteiger partial charge in [0.05, 0.1) is 0 Å². The molecule has 0 radical (unpaired) electrons. The summed E-state index contributed by atoms with van der Waals surface area (Å²) in [6.45, 7) is 4.26. The van der Waals surface area contributed by atoms with Gasteiger partial charge in [0.2, 0.25) is 0 Å². The van der Waals surface area contributed by atoms with Gasteiger partial charge in [-0.3, -0.25) is 0 Å². The minimum atomic E-state index is 0.821. The van der Waals surface area contributed by atoms with Crippen LogP contribution in [-0.2, 0) is 5.75 Å². The van der Waals surface area contributed by atoms with Crippen LogP contribution < -0.4 is 0 Å². The molecule has 0 fully saturated rings. The molecule has 0 spiro atoms. The van der Waals surface area contributed by atoms with Crippen LogP contribution in [0.3, 0.4) is 0 Å². The van der Waals surface area contributed by atoms with E-state index in [2.05, 4.69) is 54.0 Å². The van der Waals surface area contributed by atoms with Crippen LogP contribution in [0, 0.1) is 13.8 Å². The van der Waals surface area contributed by atoms with E-state index in [1.54, 1.807) is 0 Å². The molecule has 18 heavy (non-hydrogen) atoms. The highest BCUT2D eigenvalue weighted by Gasteiger charge is 2.04. The quantitative estimate of drug-likeness (QED) is 0.616. The third-order valence-corrected chi connectivity index (χ3v) is 4.79. The van der Waals surface area contributed by atoms with Crippen LogP contribution in [-0.4, -0.2) is 0 Å². The Bertz CT molecular complexity index is 566. The van der Waals surface area contributed by atoms with Crippen molar-refractivity contribution in [2.24, 2.45) is 0 Å². The molecule has 0 heterocycles. The van der Waals surface area contributed by atoms with Crippen molar-refractivity contribution < 1.29 is 0 Å². The van der Waals surface area contributed by atoms with Gasteiger partial charge in [-0.05, 0) is 43.2 Å². The summed E-state index contributed by atoms with van der Waals surface area (Å²) >= 11 is 11.5. The second-order valence-corrected chi connectivity index (χ2v) is 6.63. The Morgan fingerprint density at radius 3 is 2.61 bits per heavy atom. The van der Waals surface area contributed by atoms with Gasteiger partial charge in [0, 0.05) is 20.1 Å². The highest BCUT2D eigenvalue weighted by atomic mass is 79.9. The summed E-state index contributed by atoms with van der Waals surface area (Å²) < 4.78 is 1.02. The summed E-state index contributed by atoms with van der Waals surface area (Å²) in [6, 6.07) is 12.6. The van der Waals surface area contributed by atoms with E-state index in [9.17, 15) is 0 Å². The van der Waals surface area contributed by atoms with Crippen molar-refractivity contribution in [1.82, 2.24) is 0 Å². The fourth-order valence-electron chi connectivity index (χ4n) is 1.66. The molecule has 2 aromatic carbocycles. The molecule has 0 saturated heterocycles. The van der Waals surface area contributed by atoms with Gasteiger partial charge < -0.3 is 0 Å². The monoisotopic (exact) mass is 340 g/mol. The van der Waals surface area contributed by atoms with E-state index in [-0.39, 0.29) is 0 Å². The van der Waals surface area contributed by atoms with E-state index in [4.69, 9.17) is 11.6 Å². The van der Waals surface area contributed by atoms with Gasteiger partial charge in [0.25, 0.3) is 0 Å². The fourth-order valence-corrected chi connectivity index (χ4v) is 3.60. The first-order chi connectivity index (χ1) is 8.56. The van der Waals surface area contributed by atoms with Crippen molar-refractivity contribution in [1.29, 1.82) is 0 Å². The third kappa shape index (κ3) is 3.53. The fraction of sp³-hybridized carbons (Fsp3) is 0.200. The van der Waals surface area contributed by atoms with Crippen LogP contribution in [0.5, 0.6) is 0 Å². The standard InChI is InChI=1S/C15H14BrClS/c1-10-3-4-11(2)15(7-10)18-9-12-5-6-13(16)8-14(12)17/h3-8H,9H2,1-2H3. The molecule has 0 aromatic heterocycles. The molecule has 2 rings (SSSR count). The smallest absolute Gasteiger partial charge is 0.0457 e. The average Bonchev–Trinajstić information content (AvgIpc) is 2.32. The van der Waals surface area contributed by atoms with Crippen LogP contribution in [0.1, 0.15) is 16.7 Å². The molecule has 0 aliphatic rings. The van der Waals surface area contributed by atoms with Crippen molar-refractivity contribution in [3.8, 4) is 0 Å². The second kappa shape index (κ2) is 6.14. The lowest BCUT2D eigenvalue weighted by molar-refractivity contribution is 1.25. The number of halogens is 2. The summed E-state index contributed by atoms with van der Waals surface area (Å²) in [6.07, 6.45) is 0. The molecule has 0 N–H and O–H groups in total. The number of aryl methyl sites for hydroxylation is 2. The summed E-state index contributed by atoms with van der Waals surface area (Å²) in [5.41, 5.74) is 3.79. The molecule has 0 atom stereocenters. The van der Waals surface area contributed by atoms with Crippen LogP contribution in [0.4, 0.5) is 0 Å². The first-order valence-electron chi connectivity index (χ1n) is 5.70. The lowest BCUT2D eigenvalue weighted by Crippen LogP contribution is -1.86. The summed E-state index contributed by atoms with van der Waals surface area (Å²) in [4.78, 5) is 1.33. The van der Waals surface area contributed by atoms with Crippen LogP contribution in [0.25, 0.3) is 0 Å². The molecule has 0 saturated carbocycles. The Morgan fingerprint density at radius 2 is 1.89 bits per heavy atom. The number of hydrogen-bond donors (Lipinski definition) is 0. The third-order valence-electron chi connectivity index (χ3n) is 2.74. The van der Waals surface area contributed by atoms with E-state index in [0.717, 1.165) is 15.2 Å². The highest BCUT2D eigenvalue weighted by Crippen LogP contribution is 2.30. The van der Waals surface area contributed by atoms with Crippen LogP contribution in [0.2, 0.25) is 5.02 Å². The Hall–Kier alpha value is -0.440. The van der Waals surface area contributed by atoms with Gasteiger partial charge in [-0.25, -0.2) is 0 Å². The first-order valence-corrected chi connectivity index (χ1v) is 7.86. The predicted molar refractivity (Wildman–Crippen MR) is 84.6 cm³/mol. The Labute approximate surface area is 126 Å². The normalized spacial score (nSPS) is 10.7. The van der Waals surface area contributed by atoms with Gasteiger partial charge in [0.1, 0.15) is 0 Å². The van der Waals surface area contributed by atoms with Crippen LogP contribution in [0.15, 0.2) is 45.8 Å². The Kier molecular flexibility index (Phi) is 4.77. The predicted octanol–water partition coefficient (Wildman–Crippen LogP) is 6.01. The van der Waals surface area contributed by atoms with Crippen molar-refractivity contribution in [3.05, 3.63) is 62.6 Å². The van der Waals surface area contributed by atoms with Crippen molar-refractivity contribution in [2.75, 3.05) is 0 Å². The SMILES string of the molecule is Cc1ccc(C)c(SCc2ccc(Br)cc2Cl)c1. The topological polar surface area (TPSA) is 0 Å². The van der Waals surface area contributed by atoms with E-state index in [1.165, 1.54) is 21.6 Å². The van der Waals surface area contributed by atoms with Crippen molar-refractivity contribution in [2.45, 2.75) is 24.5 Å². The molecule has 0 aliphatic carbocycles. The van der Waals surface area contributed by atoms with Gasteiger partial charge in [-0.15, -0.1) is 11.8 Å². The summed E-state index contributed by atoms with van der Waals surface area (Å²) in [5, 5.41) is 0.821. The molecule has 3 heteroatoms. The maximum absolute atomic E-state index is 6.22. The maximum atomic E-state index is 6.22. The molecular formula is C15H14BrClS. The van der Waals surface area contributed by atoms with E-state index >= 15 is 0 Å². The molecule has 0 amide bonds. The van der Waals surface area contributed by atoms with Gasteiger partial charge in [-0.2, -0.15) is 0 Å². The van der Waals surface area contributed by atoms with Crippen molar-refractivity contribution in [3.63, 3.8) is 0 Å². The molecule has 0 nitrogen and oxygen atoms in total. The summed E-state index contributed by atoms with van der Waals surface area (Å²) in [7, 11) is 0. The molecule has 0 unspecified atom stereocenters. The summed E-state index contributed by atoms with van der Waals surface area (Å²) in [5.74, 6) is 0.899. The highest BCUT2D eigenvalue weighted by molar-refractivity contribution is 9.10. The minimum Gasteiger partial charge on any atom is -0.121 e. The first kappa shape index (κ1) is 14.0. The van der Waals surface area contributed by atoms with Crippen LogP contribution >= 0.6 is 39.3 Å². The number of hydrogen-bond acceptors (Lipinski definition) is 1. The van der Waals surface area contributed by atoms with E-state index in [1.807, 2.05) is 23.9 Å². The molecular weight excluding hydrogens is 328 g/mol. The number of thioether (sulfide) groups is 1. The number of rotatable bonds is 3. The average molecular weight is 342 g/mol. The zero-order chi connectivity index (χ0) is 13.1. The second-order valence-electron chi connectivity index (χ2n) is 4.29.